The molecule has 1 atom stereocenters. The number of rotatable bonds is 7. The molecular weight excluding hydrogens is 661 g/mol. The summed E-state index contributed by atoms with van der Waals surface area (Å²) in [5.41, 5.74) is 6.04. The van der Waals surface area contributed by atoms with Gasteiger partial charge in [0.25, 0.3) is 11.8 Å². The quantitative estimate of drug-likeness (QED) is 0.216. The average molecular weight is 684 g/mol. The van der Waals surface area contributed by atoms with E-state index in [1.807, 2.05) is 72.8 Å². The van der Waals surface area contributed by atoms with E-state index in [9.17, 15) is 9.59 Å². The smallest absolute Gasteiger partial charge is 0.276 e. The predicted octanol–water partition coefficient (Wildman–Crippen LogP) is 6.55. The molecule has 0 radical (unpaired) electrons. The maximum atomic E-state index is 13.8. The first-order valence-electron chi connectivity index (χ1n) is 11.7. The minimum absolute atomic E-state index is 0.299. The largest absolute Gasteiger partial charge is 0.497 e. The molecule has 192 valence electrons. The molecule has 0 aliphatic carbocycles. The number of benzene rings is 4. The Morgan fingerprint density at radius 3 is 2.63 bits per heavy atom. The molecule has 5 rings (SSSR count). The Bertz CT molecular complexity index is 1510. The fourth-order valence-electron chi connectivity index (χ4n) is 4.19. The highest BCUT2D eigenvalue weighted by molar-refractivity contribution is 14.1. The number of halogens is 2. The second-order valence-electron chi connectivity index (χ2n) is 8.51. The van der Waals surface area contributed by atoms with Gasteiger partial charge in [-0.25, -0.2) is 5.01 Å². The summed E-state index contributed by atoms with van der Waals surface area (Å²) < 4.78 is 13.1. The Balaban J connectivity index is 1.50. The van der Waals surface area contributed by atoms with Gasteiger partial charge in [-0.3, -0.25) is 15.0 Å². The Kier molecular flexibility index (Phi) is 7.85. The van der Waals surface area contributed by atoms with Gasteiger partial charge in [0.05, 0.1) is 18.2 Å². The van der Waals surface area contributed by atoms with Crippen LogP contribution in [-0.4, -0.2) is 23.9 Å². The minimum atomic E-state index is -0.719. The number of carbonyl (C=O) groups is 2. The molecule has 1 aliphatic rings. The molecule has 1 aliphatic heterocycles. The van der Waals surface area contributed by atoms with Gasteiger partial charge in [-0.2, -0.15) is 0 Å². The van der Waals surface area contributed by atoms with Crippen molar-refractivity contribution in [2.45, 2.75) is 12.8 Å². The standard InChI is InChI=1S/C29H23BrIN3O4/c1-37-20-8-6-7-18(15-20)17-38-26-12-5-3-10-22(26)27-32-25-14-13-19(30)16-23(25)29(36)34(27)33-28(35)21-9-2-4-11-24(21)31/h2-16,27,32H,17H2,1H3,(H,33,35). The molecule has 0 fully saturated rings. The summed E-state index contributed by atoms with van der Waals surface area (Å²) in [6.07, 6.45) is -0.719. The van der Waals surface area contributed by atoms with Crippen LogP contribution in [0.5, 0.6) is 11.5 Å². The van der Waals surface area contributed by atoms with Gasteiger partial charge < -0.3 is 14.8 Å². The van der Waals surface area contributed by atoms with Crippen LogP contribution in [0.1, 0.15) is 38.0 Å². The molecule has 0 aromatic heterocycles. The molecule has 2 amide bonds. The van der Waals surface area contributed by atoms with Crippen LogP contribution in [0.25, 0.3) is 0 Å². The molecule has 2 N–H and O–H groups in total. The first-order valence-corrected chi connectivity index (χ1v) is 13.6. The number of ether oxygens (including phenoxy) is 2. The third kappa shape index (κ3) is 5.48. The summed E-state index contributed by atoms with van der Waals surface area (Å²) in [6.45, 7) is 0.299. The highest BCUT2D eigenvalue weighted by Crippen LogP contribution is 2.37. The van der Waals surface area contributed by atoms with Gasteiger partial charge >= 0.3 is 0 Å². The van der Waals surface area contributed by atoms with Crippen molar-refractivity contribution in [3.63, 3.8) is 0 Å². The summed E-state index contributed by atoms with van der Waals surface area (Å²) >= 11 is 5.55. The number of hydrogen-bond acceptors (Lipinski definition) is 5. The Labute approximate surface area is 242 Å². The van der Waals surface area contributed by atoms with Crippen LogP contribution in [0, 0.1) is 3.57 Å². The summed E-state index contributed by atoms with van der Waals surface area (Å²) in [7, 11) is 1.62. The van der Waals surface area contributed by atoms with Gasteiger partial charge in [0.15, 0.2) is 6.17 Å². The summed E-state index contributed by atoms with van der Waals surface area (Å²) in [5.74, 6) is 0.594. The van der Waals surface area contributed by atoms with E-state index in [2.05, 4.69) is 49.3 Å². The van der Waals surface area contributed by atoms with Crippen LogP contribution in [0.3, 0.4) is 0 Å². The van der Waals surface area contributed by atoms with E-state index < -0.39 is 6.17 Å². The van der Waals surface area contributed by atoms with E-state index in [1.54, 1.807) is 25.3 Å². The zero-order valence-corrected chi connectivity index (χ0v) is 24.0. The number of nitrogens with one attached hydrogen (secondary N) is 2. The van der Waals surface area contributed by atoms with Gasteiger partial charge in [0, 0.05) is 19.3 Å². The lowest BCUT2D eigenvalue weighted by Gasteiger charge is -2.38. The lowest BCUT2D eigenvalue weighted by molar-refractivity contribution is 0.0487. The van der Waals surface area contributed by atoms with Gasteiger partial charge in [-0.15, -0.1) is 0 Å². The Morgan fingerprint density at radius 1 is 1.03 bits per heavy atom. The van der Waals surface area contributed by atoms with E-state index in [0.717, 1.165) is 19.4 Å². The van der Waals surface area contributed by atoms with Crippen LogP contribution in [-0.2, 0) is 6.61 Å². The van der Waals surface area contributed by atoms with Crippen LogP contribution in [0.2, 0.25) is 0 Å². The number of amides is 2. The zero-order valence-electron chi connectivity index (χ0n) is 20.3. The predicted molar refractivity (Wildman–Crippen MR) is 157 cm³/mol. The van der Waals surface area contributed by atoms with E-state index >= 15 is 0 Å². The van der Waals surface area contributed by atoms with E-state index in [1.165, 1.54) is 5.01 Å². The first kappa shape index (κ1) is 26.1. The molecule has 0 saturated heterocycles. The van der Waals surface area contributed by atoms with Crippen LogP contribution in [0.15, 0.2) is 95.5 Å². The SMILES string of the molecule is COc1cccc(COc2ccccc2C2Nc3ccc(Br)cc3C(=O)N2NC(=O)c2ccccc2I)c1. The molecule has 9 heteroatoms. The molecule has 38 heavy (non-hydrogen) atoms. The molecule has 4 aromatic carbocycles. The van der Waals surface area contributed by atoms with Gasteiger partial charge in [0.2, 0.25) is 0 Å². The second kappa shape index (κ2) is 11.4. The van der Waals surface area contributed by atoms with Crippen LogP contribution >= 0.6 is 38.5 Å². The van der Waals surface area contributed by atoms with E-state index in [0.29, 0.717) is 34.7 Å². The van der Waals surface area contributed by atoms with Crippen LogP contribution in [0.4, 0.5) is 5.69 Å². The minimum Gasteiger partial charge on any atom is -0.497 e. The van der Waals surface area contributed by atoms with Crippen molar-refractivity contribution in [1.82, 2.24) is 10.4 Å². The highest BCUT2D eigenvalue weighted by atomic mass is 127. The number of fused-ring (bicyclic) bond motifs is 1. The summed E-state index contributed by atoms with van der Waals surface area (Å²) in [6, 6.07) is 27.8. The molecule has 7 nitrogen and oxygen atoms in total. The summed E-state index contributed by atoms with van der Waals surface area (Å²) in [4.78, 5) is 27.1. The van der Waals surface area contributed by atoms with Crippen molar-refractivity contribution >= 4 is 56.0 Å². The van der Waals surface area contributed by atoms with Crippen LogP contribution < -0.4 is 20.2 Å². The fourth-order valence-corrected chi connectivity index (χ4v) is 5.18. The third-order valence-electron chi connectivity index (χ3n) is 6.06. The Morgan fingerprint density at radius 2 is 1.82 bits per heavy atom. The number of para-hydroxylation sites is 1. The number of carbonyl (C=O) groups excluding carboxylic acids is 2. The maximum absolute atomic E-state index is 13.8. The number of hydrazine groups is 1. The molecule has 4 aromatic rings. The molecule has 0 bridgehead atoms. The van der Waals surface area contributed by atoms with Crippen molar-refractivity contribution in [2.24, 2.45) is 0 Å². The maximum Gasteiger partial charge on any atom is 0.276 e. The molecule has 0 spiro atoms. The monoisotopic (exact) mass is 683 g/mol. The number of hydrogen-bond donors (Lipinski definition) is 2. The molecular formula is C29H23BrIN3O4. The van der Waals surface area contributed by atoms with Gasteiger partial charge in [0.1, 0.15) is 18.1 Å². The normalized spacial score (nSPS) is 14.3. The molecule has 0 saturated carbocycles. The van der Waals surface area contributed by atoms with Crippen molar-refractivity contribution in [2.75, 3.05) is 12.4 Å². The van der Waals surface area contributed by atoms with E-state index in [4.69, 9.17) is 9.47 Å². The lowest BCUT2D eigenvalue weighted by Crippen LogP contribution is -2.53. The summed E-state index contributed by atoms with van der Waals surface area (Å²) in [5, 5.41) is 4.74. The topological polar surface area (TPSA) is 79.9 Å². The molecule has 1 heterocycles. The molecule has 1 unspecified atom stereocenters. The fraction of sp³-hybridized carbons (Fsp3) is 0.103. The van der Waals surface area contributed by atoms with Crippen molar-refractivity contribution in [3.05, 3.63) is 121 Å². The lowest BCUT2D eigenvalue weighted by atomic mass is 10.0. The first-order chi connectivity index (χ1) is 18.4. The van der Waals surface area contributed by atoms with Gasteiger partial charge in [-0.05, 0) is 76.7 Å². The number of anilines is 1. The van der Waals surface area contributed by atoms with E-state index in [-0.39, 0.29) is 11.8 Å². The highest BCUT2D eigenvalue weighted by Gasteiger charge is 2.36. The van der Waals surface area contributed by atoms with Crippen molar-refractivity contribution < 1.29 is 19.1 Å². The van der Waals surface area contributed by atoms with Gasteiger partial charge in [-0.1, -0.05) is 58.4 Å². The number of nitrogens with zero attached hydrogens (tertiary/aromatic N) is 1. The average Bonchev–Trinajstić information content (AvgIpc) is 2.94. The Hall–Kier alpha value is -3.57. The number of methoxy groups -OCH3 is 1. The second-order valence-corrected chi connectivity index (χ2v) is 10.6. The van der Waals surface area contributed by atoms with Crippen molar-refractivity contribution in [1.29, 1.82) is 0 Å². The van der Waals surface area contributed by atoms with Crippen molar-refractivity contribution in [3.8, 4) is 11.5 Å². The zero-order chi connectivity index (χ0) is 26.6. The third-order valence-corrected chi connectivity index (χ3v) is 7.50.